The second-order valence-corrected chi connectivity index (χ2v) is 11.7. The number of ether oxygens (including phenoxy) is 2. The molecule has 0 aromatic heterocycles. The number of carbonyl (C=O) groups is 2. The molecule has 0 saturated heterocycles. The SMILES string of the molecule is COc1cc(S(=O)(=O)N2C[C@H](CCC(C)=O)Cc3ccc(CC(=O)OC(C)(C)C)cc32)ccc1F. The molecule has 0 fully saturated rings. The summed E-state index contributed by atoms with van der Waals surface area (Å²) < 4.78 is 53.1. The average molecular weight is 506 g/mol. The number of sulfonamides is 1. The summed E-state index contributed by atoms with van der Waals surface area (Å²) in [4.78, 5) is 23.8. The fourth-order valence-corrected chi connectivity index (χ4v) is 5.72. The van der Waals surface area contributed by atoms with Crippen LogP contribution in [0.2, 0.25) is 0 Å². The Morgan fingerprint density at radius 3 is 2.49 bits per heavy atom. The van der Waals surface area contributed by atoms with Gasteiger partial charge in [0.25, 0.3) is 10.0 Å². The van der Waals surface area contributed by atoms with Gasteiger partial charge in [0.15, 0.2) is 11.6 Å². The molecule has 0 aliphatic carbocycles. The molecule has 1 aliphatic rings. The first-order chi connectivity index (χ1) is 16.3. The van der Waals surface area contributed by atoms with Crippen molar-refractivity contribution < 1.29 is 31.9 Å². The first-order valence-electron chi connectivity index (χ1n) is 11.5. The van der Waals surface area contributed by atoms with Gasteiger partial charge in [0.2, 0.25) is 0 Å². The molecule has 0 amide bonds. The lowest BCUT2D eigenvalue weighted by molar-refractivity contribution is -0.153. The summed E-state index contributed by atoms with van der Waals surface area (Å²) in [5.41, 5.74) is 1.26. The van der Waals surface area contributed by atoms with Crippen molar-refractivity contribution in [3.05, 3.63) is 53.3 Å². The van der Waals surface area contributed by atoms with Crippen molar-refractivity contribution in [3.8, 4) is 5.75 Å². The number of ketones is 1. The Morgan fingerprint density at radius 1 is 1.14 bits per heavy atom. The molecular formula is C26H32FNO6S. The normalized spacial score (nSPS) is 15.9. The smallest absolute Gasteiger partial charge is 0.310 e. The Bertz CT molecular complexity index is 1220. The third-order valence-corrected chi connectivity index (χ3v) is 7.51. The van der Waals surface area contributed by atoms with Crippen molar-refractivity contribution >= 4 is 27.5 Å². The predicted octanol–water partition coefficient (Wildman–Crippen LogP) is 4.46. The predicted molar refractivity (Wildman–Crippen MR) is 131 cm³/mol. The van der Waals surface area contributed by atoms with Crippen LogP contribution in [0.5, 0.6) is 5.75 Å². The largest absolute Gasteiger partial charge is 0.494 e. The fraction of sp³-hybridized carbons (Fsp3) is 0.462. The summed E-state index contributed by atoms with van der Waals surface area (Å²) in [7, 11) is -2.82. The molecule has 0 spiro atoms. The van der Waals surface area contributed by atoms with Crippen LogP contribution in [0.1, 0.15) is 51.7 Å². The van der Waals surface area contributed by atoms with Gasteiger partial charge in [0.05, 0.1) is 24.1 Å². The van der Waals surface area contributed by atoms with Crippen LogP contribution < -0.4 is 9.04 Å². The lowest BCUT2D eigenvalue weighted by Crippen LogP contribution is -2.40. The molecule has 1 atom stereocenters. The standard InChI is InChI=1S/C26H32FNO6S/c1-17(29)6-7-19-12-20-9-8-18(14-25(30)34-26(2,3)4)13-23(20)28(16-19)35(31,32)21-10-11-22(27)24(15-21)33-5/h8-11,13,15,19H,6-7,12,14,16H2,1-5H3/t19-/m1/s1. The van der Waals surface area contributed by atoms with Gasteiger partial charge in [-0.25, -0.2) is 12.8 Å². The Morgan fingerprint density at radius 2 is 1.86 bits per heavy atom. The van der Waals surface area contributed by atoms with Crippen molar-refractivity contribution in [1.29, 1.82) is 0 Å². The molecular weight excluding hydrogens is 473 g/mol. The number of benzene rings is 2. The summed E-state index contributed by atoms with van der Waals surface area (Å²) in [6, 6.07) is 8.73. The van der Waals surface area contributed by atoms with Gasteiger partial charge in [0, 0.05) is 19.0 Å². The number of halogens is 1. The van der Waals surface area contributed by atoms with E-state index in [-0.39, 0.29) is 35.3 Å². The average Bonchev–Trinajstić information content (AvgIpc) is 2.76. The Kier molecular flexibility index (Phi) is 7.89. The minimum absolute atomic E-state index is 0.00340. The Balaban J connectivity index is 2.01. The molecule has 7 nitrogen and oxygen atoms in total. The van der Waals surface area contributed by atoms with Crippen LogP contribution in [-0.2, 0) is 37.2 Å². The zero-order valence-electron chi connectivity index (χ0n) is 20.8. The van der Waals surface area contributed by atoms with Crippen LogP contribution in [0.4, 0.5) is 10.1 Å². The number of methoxy groups -OCH3 is 1. The van der Waals surface area contributed by atoms with Gasteiger partial charge in [-0.1, -0.05) is 12.1 Å². The second-order valence-electron chi connectivity index (χ2n) is 9.87. The highest BCUT2D eigenvalue weighted by Gasteiger charge is 2.34. The molecule has 0 N–H and O–H groups in total. The summed E-state index contributed by atoms with van der Waals surface area (Å²) >= 11 is 0. The van der Waals surface area contributed by atoms with Crippen molar-refractivity contribution in [2.45, 2.75) is 63.9 Å². The van der Waals surface area contributed by atoms with Gasteiger partial charge in [-0.15, -0.1) is 0 Å². The van der Waals surface area contributed by atoms with Crippen molar-refractivity contribution in [2.75, 3.05) is 18.0 Å². The van der Waals surface area contributed by atoms with E-state index in [1.54, 1.807) is 32.9 Å². The monoisotopic (exact) mass is 505 g/mol. The van der Waals surface area contributed by atoms with E-state index in [0.29, 0.717) is 30.5 Å². The van der Waals surface area contributed by atoms with Crippen LogP contribution in [0.15, 0.2) is 41.3 Å². The van der Waals surface area contributed by atoms with Gasteiger partial charge < -0.3 is 14.3 Å². The van der Waals surface area contributed by atoms with Crippen LogP contribution in [0, 0.1) is 11.7 Å². The molecule has 0 radical (unpaired) electrons. The maximum absolute atomic E-state index is 14.0. The number of hydrogen-bond acceptors (Lipinski definition) is 6. The highest BCUT2D eigenvalue weighted by molar-refractivity contribution is 7.92. The molecule has 190 valence electrons. The molecule has 1 heterocycles. The van der Waals surface area contributed by atoms with E-state index in [2.05, 4.69) is 0 Å². The maximum Gasteiger partial charge on any atom is 0.310 e. The van der Waals surface area contributed by atoms with Crippen molar-refractivity contribution in [1.82, 2.24) is 0 Å². The van der Waals surface area contributed by atoms with E-state index >= 15 is 0 Å². The third-order valence-electron chi connectivity index (χ3n) is 5.73. The number of hydrogen-bond donors (Lipinski definition) is 0. The molecule has 0 saturated carbocycles. The quantitative estimate of drug-likeness (QED) is 0.492. The molecule has 0 bridgehead atoms. The summed E-state index contributed by atoms with van der Waals surface area (Å²) in [6.07, 6.45) is 1.51. The van der Waals surface area contributed by atoms with E-state index in [4.69, 9.17) is 9.47 Å². The summed E-state index contributed by atoms with van der Waals surface area (Å²) in [5, 5.41) is 0. The highest BCUT2D eigenvalue weighted by Crippen LogP contribution is 2.37. The third kappa shape index (κ3) is 6.60. The minimum Gasteiger partial charge on any atom is -0.494 e. The van der Waals surface area contributed by atoms with E-state index in [0.717, 1.165) is 17.7 Å². The van der Waals surface area contributed by atoms with Crippen molar-refractivity contribution in [3.63, 3.8) is 0 Å². The topological polar surface area (TPSA) is 90.0 Å². The summed E-state index contributed by atoms with van der Waals surface area (Å²) in [5.74, 6) is -1.27. The minimum atomic E-state index is -4.08. The van der Waals surface area contributed by atoms with Crippen LogP contribution >= 0.6 is 0 Å². The van der Waals surface area contributed by atoms with E-state index in [1.807, 2.05) is 6.07 Å². The van der Waals surface area contributed by atoms with E-state index in [9.17, 15) is 22.4 Å². The molecule has 0 unspecified atom stereocenters. The van der Waals surface area contributed by atoms with Crippen LogP contribution in [0.25, 0.3) is 0 Å². The Labute approximate surface area is 206 Å². The fourth-order valence-electron chi connectivity index (χ4n) is 4.13. The molecule has 3 rings (SSSR count). The molecule has 2 aromatic rings. The zero-order chi connectivity index (χ0) is 26.0. The molecule has 9 heteroatoms. The van der Waals surface area contributed by atoms with Gasteiger partial charge in [-0.05, 0) is 75.8 Å². The molecule has 1 aliphatic heterocycles. The van der Waals surface area contributed by atoms with E-state index in [1.165, 1.54) is 24.4 Å². The number of esters is 1. The first-order valence-corrected chi connectivity index (χ1v) is 12.9. The van der Waals surface area contributed by atoms with Crippen LogP contribution in [0.3, 0.4) is 0 Å². The lowest BCUT2D eigenvalue weighted by atomic mass is 9.89. The zero-order valence-corrected chi connectivity index (χ0v) is 21.6. The van der Waals surface area contributed by atoms with Gasteiger partial charge >= 0.3 is 5.97 Å². The van der Waals surface area contributed by atoms with Gasteiger partial charge in [-0.3, -0.25) is 9.10 Å². The summed E-state index contributed by atoms with van der Waals surface area (Å²) in [6.45, 7) is 7.02. The Hall–Kier alpha value is -2.94. The van der Waals surface area contributed by atoms with Crippen molar-refractivity contribution in [2.24, 2.45) is 5.92 Å². The number of fused-ring (bicyclic) bond motifs is 1. The molecule has 35 heavy (non-hydrogen) atoms. The highest BCUT2D eigenvalue weighted by atomic mass is 32.2. The number of Topliss-reactive ketones (excluding diaryl/α,β-unsaturated/α-hetero) is 1. The number of anilines is 1. The number of rotatable bonds is 8. The van der Waals surface area contributed by atoms with E-state index < -0.39 is 27.4 Å². The first kappa shape index (κ1) is 26.7. The lowest BCUT2D eigenvalue weighted by Gasteiger charge is -2.35. The van der Waals surface area contributed by atoms with Gasteiger partial charge in [0.1, 0.15) is 11.4 Å². The van der Waals surface area contributed by atoms with Gasteiger partial charge in [-0.2, -0.15) is 0 Å². The van der Waals surface area contributed by atoms with Crippen LogP contribution in [-0.4, -0.2) is 39.4 Å². The number of nitrogens with zero attached hydrogens (tertiary/aromatic N) is 1. The second kappa shape index (κ2) is 10.4. The number of carbonyl (C=O) groups excluding carboxylic acids is 2. The maximum atomic E-state index is 14.0. The molecule has 2 aromatic carbocycles.